The van der Waals surface area contributed by atoms with Gasteiger partial charge in [0.15, 0.2) is 17.2 Å². The number of aromatic nitrogens is 4. The second kappa shape index (κ2) is 9.37. The van der Waals surface area contributed by atoms with Crippen LogP contribution in [0.5, 0.6) is 0 Å². The number of β-amino-alcohol motifs (C(OH)–C–C–N with tert-alkyl or cyclic N) is 1. The van der Waals surface area contributed by atoms with Crippen LogP contribution in [-0.2, 0) is 4.74 Å². The number of halogens is 1. The molecule has 1 aliphatic carbocycles. The highest BCUT2D eigenvalue weighted by atomic mass is 35.5. The van der Waals surface area contributed by atoms with Gasteiger partial charge in [0.25, 0.3) is 0 Å². The number of amides is 1. The Balaban J connectivity index is 1.48. The Hall–Kier alpha value is -4.33. The molecule has 0 spiro atoms. The van der Waals surface area contributed by atoms with Crippen LogP contribution >= 0.6 is 11.6 Å². The topological polar surface area (TPSA) is 191 Å². The van der Waals surface area contributed by atoms with Crippen LogP contribution in [0.2, 0.25) is 5.02 Å². The minimum Gasteiger partial charge on any atom is -0.443 e. The summed E-state index contributed by atoms with van der Waals surface area (Å²) in [6.07, 6.45) is 1.10. The highest BCUT2D eigenvalue weighted by Crippen LogP contribution is 2.37. The summed E-state index contributed by atoms with van der Waals surface area (Å²) in [6, 6.07) is 7.62. The third-order valence-electron chi connectivity index (χ3n) is 5.95. The van der Waals surface area contributed by atoms with Gasteiger partial charge in [0.05, 0.1) is 34.2 Å². The molecule has 1 saturated heterocycles. The van der Waals surface area contributed by atoms with E-state index in [0.29, 0.717) is 41.4 Å². The maximum atomic E-state index is 11.1. The lowest BCUT2D eigenvalue weighted by atomic mass is 10.0. The van der Waals surface area contributed by atoms with Crippen LogP contribution in [0.15, 0.2) is 18.3 Å². The molecule has 3 aromatic rings. The van der Waals surface area contributed by atoms with E-state index in [0.717, 1.165) is 12.8 Å². The molecule has 1 amide bonds. The largest absolute Gasteiger partial charge is 0.443 e. The Kier molecular flexibility index (Phi) is 6.10. The van der Waals surface area contributed by atoms with Gasteiger partial charge < -0.3 is 31.1 Å². The highest BCUT2D eigenvalue weighted by Gasteiger charge is 2.32. The first-order valence-corrected chi connectivity index (χ1v) is 11.6. The first-order valence-electron chi connectivity index (χ1n) is 11.2. The first-order chi connectivity index (χ1) is 17.4. The van der Waals surface area contributed by atoms with Crippen molar-refractivity contribution in [1.82, 2.24) is 19.6 Å². The van der Waals surface area contributed by atoms with Crippen molar-refractivity contribution in [3.8, 4) is 12.1 Å². The van der Waals surface area contributed by atoms with Crippen LogP contribution in [0, 0.1) is 22.7 Å². The molecule has 0 unspecified atom stereocenters. The summed E-state index contributed by atoms with van der Waals surface area (Å²) in [5.74, 6) is 0.626. The maximum Gasteiger partial charge on any atom is 0.404 e. The molecule has 1 aromatic carbocycles. The standard InChI is InChI=1S/C22H21ClN10O3/c23-18-14(5-11(7-24)6-15(18)32-4-3-17(16(34)10-32)36-21(26)35)29-22-30-19(28-12-1-2-12)20-27-9-13(8-25)33(20)31-22/h5-6,9,12,16-17,34H,1-4,10H2,(H2,26,35)(H2,28,29,30,31)/t16-,17-/m0/s1. The van der Waals surface area contributed by atoms with Crippen LogP contribution in [-0.4, -0.2) is 62.1 Å². The number of aliphatic hydroxyl groups excluding tert-OH is 1. The fourth-order valence-corrected chi connectivity index (χ4v) is 4.34. The minimum atomic E-state index is -0.989. The van der Waals surface area contributed by atoms with E-state index in [4.69, 9.17) is 22.1 Å². The van der Waals surface area contributed by atoms with Gasteiger partial charge in [0.1, 0.15) is 18.3 Å². The fraction of sp³-hybridized carbons (Fsp3) is 0.364. The molecule has 5 N–H and O–H groups in total. The summed E-state index contributed by atoms with van der Waals surface area (Å²) >= 11 is 6.74. The number of ether oxygens (including phenoxy) is 1. The summed E-state index contributed by atoms with van der Waals surface area (Å²) in [4.78, 5) is 21.7. The molecule has 3 heterocycles. The predicted octanol–water partition coefficient (Wildman–Crippen LogP) is 1.87. The summed E-state index contributed by atoms with van der Waals surface area (Å²) in [6.45, 7) is 0.520. The SMILES string of the molecule is N#Cc1cc(Nc2nc(NC3CC3)c3ncc(C#N)n3n2)c(Cl)c(N2CC[C@H](OC(N)=O)[C@@H](O)C2)c1. The number of hydrogen-bond acceptors (Lipinski definition) is 11. The van der Waals surface area contributed by atoms with E-state index in [1.165, 1.54) is 10.7 Å². The summed E-state index contributed by atoms with van der Waals surface area (Å²) in [5, 5.41) is 40.5. The predicted molar refractivity (Wildman–Crippen MR) is 129 cm³/mol. The number of rotatable bonds is 6. The molecule has 14 heteroatoms. The highest BCUT2D eigenvalue weighted by molar-refractivity contribution is 6.36. The summed E-state index contributed by atoms with van der Waals surface area (Å²) in [5.41, 5.74) is 6.94. The Morgan fingerprint density at radius 1 is 1.28 bits per heavy atom. The quantitative estimate of drug-likeness (QED) is 0.380. The Labute approximate surface area is 210 Å². The monoisotopic (exact) mass is 508 g/mol. The van der Waals surface area contributed by atoms with Crippen molar-refractivity contribution < 1.29 is 14.6 Å². The number of carbonyl (C=O) groups excluding carboxylic acids is 1. The van der Waals surface area contributed by atoms with Crippen LogP contribution < -0.4 is 21.3 Å². The van der Waals surface area contributed by atoms with Crippen molar-refractivity contribution in [1.29, 1.82) is 10.5 Å². The zero-order chi connectivity index (χ0) is 25.4. The number of carbonyl (C=O) groups is 1. The molecular formula is C22H21ClN10O3. The third kappa shape index (κ3) is 4.62. The molecule has 2 atom stereocenters. The van der Waals surface area contributed by atoms with Crippen molar-refractivity contribution in [2.24, 2.45) is 5.73 Å². The lowest BCUT2D eigenvalue weighted by Gasteiger charge is -2.37. The van der Waals surface area contributed by atoms with Crippen molar-refractivity contribution in [3.05, 3.63) is 34.6 Å². The Bertz CT molecular complexity index is 1420. The van der Waals surface area contributed by atoms with Gasteiger partial charge in [0.2, 0.25) is 5.95 Å². The molecule has 2 aromatic heterocycles. The molecule has 1 saturated carbocycles. The van der Waals surface area contributed by atoms with Gasteiger partial charge in [-0.3, -0.25) is 0 Å². The number of imidazole rings is 1. The Morgan fingerprint density at radius 2 is 2.08 bits per heavy atom. The molecule has 0 bridgehead atoms. The van der Waals surface area contributed by atoms with Crippen LogP contribution in [0.25, 0.3) is 5.65 Å². The van der Waals surface area contributed by atoms with Gasteiger partial charge in [-0.25, -0.2) is 9.78 Å². The number of anilines is 4. The summed E-state index contributed by atoms with van der Waals surface area (Å²) < 4.78 is 6.36. The fourth-order valence-electron chi connectivity index (χ4n) is 4.06. The number of nitrogens with zero attached hydrogens (tertiary/aromatic N) is 7. The normalized spacial score (nSPS) is 19.4. The average molecular weight is 509 g/mol. The van der Waals surface area contributed by atoms with E-state index >= 15 is 0 Å². The van der Waals surface area contributed by atoms with E-state index in [1.807, 2.05) is 0 Å². The number of benzene rings is 1. The second-order valence-electron chi connectivity index (χ2n) is 8.56. The lowest BCUT2D eigenvalue weighted by molar-refractivity contribution is -0.00367. The van der Waals surface area contributed by atoms with Crippen LogP contribution in [0.1, 0.15) is 30.5 Å². The number of piperidine rings is 1. The molecule has 2 aliphatic rings. The van der Waals surface area contributed by atoms with Gasteiger partial charge in [0, 0.05) is 25.6 Å². The van der Waals surface area contributed by atoms with E-state index in [1.54, 1.807) is 17.0 Å². The molecule has 0 radical (unpaired) electrons. The number of hydrogen-bond donors (Lipinski definition) is 4. The molecule has 2 fully saturated rings. The smallest absolute Gasteiger partial charge is 0.404 e. The van der Waals surface area contributed by atoms with Crippen molar-refractivity contribution in [3.63, 3.8) is 0 Å². The number of nitriles is 2. The van der Waals surface area contributed by atoms with Crippen LogP contribution in [0.3, 0.4) is 0 Å². The summed E-state index contributed by atoms with van der Waals surface area (Å²) in [7, 11) is 0. The molecule has 1 aliphatic heterocycles. The molecule has 5 rings (SSSR count). The molecule has 184 valence electrons. The molecular weight excluding hydrogens is 488 g/mol. The van der Waals surface area contributed by atoms with Gasteiger partial charge in [-0.15, -0.1) is 5.10 Å². The third-order valence-corrected chi connectivity index (χ3v) is 6.35. The molecule has 36 heavy (non-hydrogen) atoms. The number of nitrogens with one attached hydrogen (secondary N) is 2. The van der Waals surface area contributed by atoms with E-state index in [-0.39, 0.29) is 29.3 Å². The number of primary amides is 1. The average Bonchev–Trinajstić information content (AvgIpc) is 3.57. The maximum absolute atomic E-state index is 11.1. The van der Waals surface area contributed by atoms with Gasteiger partial charge >= 0.3 is 6.09 Å². The van der Waals surface area contributed by atoms with Crippen molar-refractivity contribution in [2.75, 3.05) is 28.6 Å². The van der Waals surface area contributed by atoms with Crippen molar-refractivity contribution >= 4 is 46.5 Å². The van der Waals surface area contributed by atoms with Gasteiger partial charge in [-0.2, -0.15) is 20.0 Å². The number of nitrogens with two attached hydrogens (primary N) is 1. The van der Waals surface area contributed by atoms with E-state index in [9.17, 15) is 20.4 Å². The van der Waals surface area contributed by atoms with E-state index in [2.05, 4.69) is 37.8 Å². The van der Waals surface area contributed by atoms with Crippen LogP contribution in [0.4, 0.5) is 27.9 Å². The van der Waals surface area contributed by atoms with Crippen molar-refractivity contribution in [2.45, 2.75) is 37.5 Å². The van der Waals surface area contributed by atoms with Gasteiger partial charge in [-0.05, 0) is 25.0 Å². The second-order valence-corrected chi connectivity index (χ2v) is 8.94. The van der Waals surface area contributed by atoms with E-state index < -0.39 is 18.3 Å². The van der Waals surface area contributed by atoms with Gasteiger partial charge in [-0.1, -0.05) is 11.6 Å². The lowest BCUT2D eigenvalue weighted by Crippen LogP contribution is -2.49. The molecule has 13 nitrogen and oxygen atoms in total. The zero-order valence-electron chi connectivity index (χ0n) is 18.8. The zero-order valence-corrected chi connectivity index (χ0v) is 19.6. The first kappa shape index (κ1) is 23.4. The number of aliphatic hydroxyl groups is 1. The minimum absolute atomic E-state index is 0.116. The number of fused-ring (bicyclic) bond motifs is 1. The Morgan fingerprint density at radius 3 is 2.75 bits per heavy atom.